The van der Waals surface area contributed by atoms with E-state index in [0.29, 0.717) is 18.0 Å². The molecule has 1 aromatic rings. The highest BCUT2D eigenvalue weighted by Gasteiger charge is 2.23. The summed E-state index contributed by atoms with van der Waals surface area (Å²) < 4.78 is 5.87. The molecule has 2 heterocycles. The van der Waals surface area contributed by atoms with Crippen LogP contribution in [0.25, 0.3) is 0 Å². The van der Waals surface area contributed by atoms with Crippen LogP contribution in [0.1, 0.15) is 23.3 Å². The van der Waals surface area contributed by atoms with E-state index in [1.807, 2.05) is 0 Å². The minimum absolute atomic E-state index is 0.0796. The molecule has 0 aliphatic carbocycles. The Morgan fingerprint density at radius 1 is 1.57 bits per heavy atom. The molecule has 1 aliphatic heterocycles. The van der Waals surface area contributed by atoms with Gasteiger partial charge in [-0.1, -0.05) is 6.58 Å². The minimum atomic E-state index is -0.257. The van der Waals surface area contributed by atoms with Crippen LogP contribution in [-0.2, 0) is 4.79 Å². The number of rotatable bonds is 4. The first-order valence-corrected chi connectivity index (χ1v) is 6.90. The normalized spacial score (nSPS) is 18.0. The highest BCUT2D eigenvalue weighted by Crippen LogP contribution is 2.19. The van der Waals surface area contributed by atoms with E-state index in [2.05, 4.69) is 16.9 Å². The highest BCUT2D eigenvalue weighted by atomic mass is 16.5. The van der Waals surface area contributed by atoms with Crippen molar-refractivity contribution in [3.05, 3.63) is 36.7 Å². The summed E-state index contributed by atoms with van der Waals surface area (Å²) in [5.74, 6) is 0.248. The van der Waals surface area contributed by atoms with Gasteiger partial charge in [-0.3, -0.25) is 14.6 Å². The summed E-state index contributed by atoms with van der Waals surface area (Å²) in [5.41, 5.74) is 0.310. The summed E-state index contributed by atoms with van der Waals surface area (Å²) in [6.07, 6.45) is 4.53. The van der Waals surface area contributed by atoms with E-state index in [1.165, 1.54) is 12.3 Å². The van der Waals surface area contributed by atoms with Gasteiger partial charge in [-0.2, -0.15) is 0 Å². The molecular formula is C15H19N3O3. The lowest BCUT2D eigenvalue weighted by Crippen LogP contribution is -2.43. The van der Waals surface area contributed by atoms with Crippen LogP contribution >= 0.6 is 0 Å². The molecule has 0 aromatic carbocycles. The molecule has 0 radical (unpaired) electrons. The van der Waals surface area contributed by atoms with Crippen molar-refractivity contribution >= 4 is 11.8 Å². The zero-order chi connectivity index (χ0) is 15.2. The van der Waals surface area contributed by atoms with Gasteiger partial charge >= 0.3 is 0 Å². The summed E-state index contributed by atoms with van der Waals surface area (Å²) >= 11 is 0. The molecule has 0 bridgehead atoms. The lowest BCUT2D eigenvalue weighted by atomic mass is 10.1. The Labute approximate surface area is 123 Å². The van der Waals surface area contributed by atoms with Crippen molar-refractivity contribution in [1.82, 2.24) is 15.2 Å². The number of nitrogens with zero attached hydrogens (tertiary/aromatic N) is 2. The molecule has 2 amide bonds. The number of carbonyl (C=O) groups is 2. The Balaban J connectivity index is 2.02. The number of piperidine rings is 1. The highest BCUT2D eigenvalue weighted by molar-refractivity contribution is 5.92. The third-order valence-corrected chi connectivity index (χ3v) is 3.36. The lowest BCUT2D eigenvalue weighted by molar-refractivity contribution is -0.128. The average Bonchev–Trinajstić information content (AvgIpc) is 2.53. The molecule has 0 saturated carbocycles. The minimum Gasteiger partial charge on any atom is -0.488 e. The van der Waals surface area contributed by atoms with Crippen LogP contribution < -0.4 is 10.1 Å². The maximum absolute atomic E-state index is 11.6. The molecule has 1 fully saturated rings. The van der Waals surface area contributed by atoms with Gasteiger partial charge in [0.25, 0.3) is 5.91 Å². The third-order valence-electron chi connectivity index (χ3n) is 3.36. The molecule has 1 N–H and O–H groups in total. The number of ether oxygens (including phenoxy) is 1. The summed E-state index contributed by atoms with van der Waals surface area (Å²) in [5, 5.41) is 2.52. The molecule has 112 valence electrons. The monoisotopic (exact) mass is 289 g/mol. The van der Waals surface area contributed by atoms with Gasteiger partial charge in [0.05, 0.1) is 6.54 Å². The average molecular weight is 289 g/mol. The van der Waals surface area contributed by atoms with E-state index in [-0.39, 0.29) is 17.9 Å². The van der Waals surface area contributed by atoms with Crippen molar-refractivity contribution in [1.29, 1.82) is 0 Å². The zero-order valence-electron chi connectivity index (χ0n) is 12.0. The number of hydrogen-bond acceptors (Lipinski definition) is 4. The van der Waals surface area contributed by atoms with Gasteiger partial charge in [0, 0.05) is 25.9 Å². The van der Waals surface area contributed by atoms with Gasteiger partial charge in [0.1, 0.15) is 17.5 Å². The Bertz CT molecular complexity index is 545. The zero-order valence-corrected chi connectivity index (χ0v) is 12.0. The van der Waals surface area contributed by atoms with E-state index in [9.17, 15) is 9.59 Å². The van der Waals surface area contributed by atoms with E-state index in [0.717, 1.165) is 19.4 Å². The molecule has 1 aromatic heterocycles. The Hall–Kier alpha value is -2.37. The van der Waals surface area contributed by atoms with Gasteiger partial charge in [-0.15, -0.1) is 0 Å². The Morgan fingerprint density at radius 3 is 3.10 bits per heavy atom. The first kappa shape index (κ1) is 15.0. The second-order valence-corrected chi connectivity index (χ2v) is 4.83. The largest absolute Gasteiger partial charge is 0.488 e. The first-order chi connectivity index (χ1) is 10.1. The van der Waals surface area contributed by atoms with E-state index >= 15 is 0 Å². The van der Waals surface area contributed by atoms with Crippen LogP contribution in [0.5, 0.6) is 5.75 Å². The summed E-state index contributed by atoms with van der Waals surface area (Å²) in [4.78, 5) is 28.9. The first-order valence-electron chi connectivity index (χ1n) is 6.90. The molecule has 2 rings (SSSR count). The van der Waals surface area contributed by atoms with E-state index in [1.54, 1.807) is 24.1 Å². The van der Waals surface area contributed by atoms with Crippen molar-refractivity contribution in [3.63, 3.8) is 0 Å². The fourth-order valence-corrected chi connectivity index (χ4v) is 2.29. The number of nitrogens with one attached hydrogen (secondary N) is 1. The van der Waals surface area contributed by atoms with Crippen LogP contribution in [0.15, 0.2) is 31.0 Å². The quantitative estimate of drug-likeness (QED) is 0.839. The molecule has 6 heteroatoms. The maximum atomic E-state index is 11.6. The van der Waals surface area contributed by atoms with Crippen LogP contribution in [0.2, 0.25) is 0 Å². The lowest BCUT2D eigenvalue weighted by Gasteiger charge is -2.32. The van der Waals surface area contributed by atoms with E-state index < -0.39 is 0 Å². The summed E-state index contributed by atoms with van der Waals surface area (Å²) in [6, 6.07) is 3.31. The molecule has 0 spiro atoms. The maximum Gasteiger partial charge on any atom is 0.269 e. The SMILES string of the molecule is C=CC(=O)N1CCCC(Oc2ccnc(C(=O)NC)c2)C1. The van der Waals surface area contributed by atoms with Gasteiger partial charge in [-0.25, -0.2) is 0 Å². The fourth-order valence-electron chi connectivity index (χ4n) is 2.29. The molecule has 1 unspecified atom stereocenters. The molecule has 6 nitrogen and oxygen atoms in total. The predicted molar refractivity (Wildman–Crippen MR) is 78.1 cm³/mol. The molecule has 1 atom stereocenters. The number of aromatic nitrogens is 1. The van der Waals surface area contributed by atoms with Gasteiger partial charge in [0.15, 0.2) is 0 Å². The standard InChI is InChI=1S/C15H19N3O3/c1-3-14(19)18-8-4-5-12(10-18)21-11-6-7-17-13(9-11)15(20)16-2/h3,6-7,9,12H,1,4-5,8,10H2,2H3,(H,16,20). The van der Waals surface area contributed by atoms with Gasteiger partial charge in [-0.05, 0) is 25.0 Å². The van der Waals surface area contributed by atoms with E-state index in [4.69, 9.17) is 4.74 Å². The number of carbonyl (C=O) groups excluding carboxylic acids is 2. The molecular weight excluding hydrogens is 270 g/mol. The molecule has 21 heavy (non-hydrogen) atoms. The van der Waals surface area contributed by atoms with Crippen molar-refractivity contribution < 1.29 is 14.3 Å². The van der Waals surface area contributed by atoms with Gasteiger partial charge < -0.3 is 15.0 Å². The number of amides is 2. The van der Waals surface area contributed by atoms with Crippen LogP contribution in [0, 0.1) is 0 Å². The summed E-state index contributed by atoms with van der Waals surface area (Å²) in [6.45, 7) is 4.76. The Kier molecular flexibility index (Phi) is 4.92. The summed E-state index contributed by atoms with van der Waals surface area (Å²) in [7, 11) is 1.55. The van der Waals surface area contributed by atoms with Gasteiger partial charge in [0.2, 0.25) is 5.91 Å². The second kappa shape index (κ2) is 6.88. The Morgan fingerprint density at radius 2 is 2.38 bits per heavy atom. The number of pyridine rings is 1. The van der Waals surface area contributed by atoms with Crippen molar-refractivity contribution in [2.24, 2.45) is 0 Å². The second-order valence-electron chi connectivity index (χ2n) is 4.83. The fraction of sp³-hybridized carbons (Fsp3) is 0.400. The van der Waals surface area contributed by atoms with Crippen LogP contribution in [0.4, 0.5) is 0 Å². The predicted octanol–water partition coefficient (Wildman–Crippen LogP) is 0.997. The smallest absolute Gasteiger partial charge is 0.269 e. The van der Waals surface area contributed by atoms with Crippen LogP contribution in [-0.4, -0.2) is 47.9 Å². The number of likely N-dealkylation sites (tertiary alicyclic amines) is 1. The third kappa shape index (κ3) is 3.81. The van der Waals surface area contributed by atoms with Crippen LogP contribution in [0.3, 0.4) is 0 Å². The van der Waals surface area contributed by atoms with Crippen molar-refractivity contribution in [2.75, 3.05) is 20.1 Å². The molecule has 1 saturated heterocycles. The van der Waals surface area contributed by atoms with Crippen molar-refractivity contribution in [3.8, 4) is 5.75 Å². The molecule has 1 aliphatic rings. The number of hydrogen-bond donors (Lipinski definition) is 1. The topological polar surface area (TPSA) is 71.5 Å². The van der Waals surface area contributed by atoms with Crippen molar-refractivity contribution in [2.45, 2.75) is 18.9 Å².